The smallest absolute Gasteiger partial charge is 0.167 e. The molecule has 230 valence electrons. The van der Waals surface area contributed by atoms with E-state index in [4.69, 9.17) is 19.4 Å². The Balaban J connectivity index is 1.13. The van der Waals surface area contributed by atoms with Gasteiger partial charge in [0.05, 0.1) is 5.56 Å². The molecule has 0 saturated carbocycles. The molecule has 0 aliphatic carbocycles. The fourth-order valence-corrected chi connectivity index (χ4v) is 6.42. The summed E-state index contributed by atoms with van der Waals surface area (Å²) < 4.78 is 6.39. The number of benzene rings is 7. The van der Waals surface area contributed by atoms with Gasteiger partial charge in [-0.2, -0.15) is 0 Å². The zero-order chi connectivity index (χ0) is 32.6. The minimum absolute atomic E-state index is 0.567. The number of rotatable bonds is 6. The van der Waals surface area contributed by atoms with Crippen molar-refractivity contribution in [1.29, 1.82) is 0 Å². The lowest BCUT2D eigenvalue weighted by Crippen LogP contribution is -2.00. The van der Waals surface area contributed by atoms with Crippen LogP contribution < -0.4 is 0 Å². The summed E-state index contributed by atoms with van der Waals surface area (Å²) >= 11 is 0. The zero-order valence-electron chi connectivity index (χ0n) is 26.5. The van der Waals surface area contributed by atoms with Crippen molar-refractivity contribution in [2.45, 2.75) is 0 Å². The van der Waals surface area contributed by atoms with Gasteiger partial charge in [0, 0.05) is 21.9 Å². The van der Waals surface area contributed by atoms with Gasteiger partial charge in [-0.3, -0.25) is 0 Å². The lowest BCUT2D eigenvalue weighted by atomic mass is 9.99. The third-order valence-corrected chi connectivity index (χ3v) is 9.00. The third-order valence-electron chi connectivity index (χ3n) is 9.00. The predicted molar refractivity (Wildman–Crippen MR) is 200 cm³/mol. The lowest BCUT2D eigenvalue weighted by Gasteiger charge is -2.10. The van der Waals surface area contributed by atoms with Crippen LogP contribution >= 0.6 is 0 Å². The van der Waals surface area contributed by atoms with E-state index in [2.05, 4.69) is 133 Å². The maximum atomic E-state index is 6.39. The van der Waals surface area contributed by atoms with Crippen molar-refractivity contribution in [2.75, 3.05) is 0 Å². The maximum absolute atomic E-state index is 6.39. The number of aromatic nitrogens is 3. The molecule has 0 bridgehead atoms. The summed E-state index contributed by atoms with van der Waals surface area (Å²) in [7, 11) is 0. The highest BCUT2D eigenvalue weighted by Gasteiger charge is 2.18. The van der Waals surface area contributed by atoms with E-state index in [0.29, 0.717) is 17.5 Å². The quantitative estimate of drug-likeness (QED) is 0.184. The Morgan fingerprint density at radius 3 is 1.18 bits per heavy atom. The van der Waals surface area contributed by atoms with Crippen molar-refractivity contribution in [3.63, 3.8) is 0 Å². The van der Waals surface area contributed by atoms with E-state index in [9.17, 15) is 0 Å². The maximum Gasteiger partial charge on any atom is 0.167 e. The molecule has 0 spiro atoms. The van der Waals surface area contributed by atoms with E-state index in [1.807, 2.05) is 42.5 Å². The monoisotopic (exact) mass is 627 g/mol. The highest BCUT2D eigenvalue weighted by atomic mass is 16.3. The highest BCUT2D eigenvalue weighted by molar-refractivity contribution is 6.09. The van der Waals surface area contributed by atoms with E-state index < -0.39 is 0 Å². The zero-order valence-corrected chi connectivity index (χ0v) is 26.5. The molecule has 4 heteroatoms. The molecule has 0 aliphatic rings. The molecule has 0 radical (unpaired) electrons. The van der Waals surface area contributed by atoms with Crippen LogP contribution in [0.4, 0.5) is 0 Å². The SMILES string of the molecule is c1ccc(-c2ccc(-c3ccc(-c4nc(-c5ccc(-c6ccccc6)cc5)nc(-c5cccc6c5oc5ccccc56)n4)cc3)cc2)cc1. The van der Waals surface area contributed by atoms with E-state index in [-0.39, 0.29) is 0 Å². The van der Waals surface area contributed by atoms with Gasteiger partial charge in [-0.25, -0.2) is 15.0 Å². The summed E-state index contributed by atoms with van der Waals surface area (Å²) in [6, 6.07) is 60.6. The molecule has 0 atom stereocenters. The normalized spacial score (nSPS) is 11.3. The van der Waals surface area contributed by atoms with Crippen LogP contribution in [0, 0.1) is 0 Å². The fraction of sp³-hybridized carbons (Fsp3) is 0. The molecule has 2 heterocycles. The molecule has 0 fully saturated rings. The standard InChI is InChI=1S/C45H29N3O/c1-3-10-30(11-4-1)32-18-20-34(21-19-32)35-24-28-37(29-25-35)44-46-43(36-26-22-33(23-27-36)31-12-5-2-6-13-31)47-45(48-44)40-16-9-15-39-38-14-7-8-17-41(38)49-42(39)40/h1-29H. The van der Waals surface area contributed by atoms with Gasteiger partial charge in [0.25, 0.3) is 0 Å². The first-order valence-electron chi connectivity index (χ1n) is 16.4. The Kier molecular flexibility index (Phi) is 7.10. The molecule has 9 rings (SSSR count). The molecule has 0 N–H and O–H groups in total. The molecule has 4 nitrogen and oxygen atoms in total. The number of hydrogen-bond donors (Lipinski definition) is 0. The number of hydrogen-bond acceptors (Lipinski definition) is 4. The van der Waals surface area contributed by atoms with Gasteiger partial charge < -0.3 is 4.42 Å². The lowest BCUT2D eigenvalue weighted by molar-refractivity contribution is 0.669. The molecular weight excluding hydrogens is 599 g/mol. The minimum atomic E-state index is 0.567. The summed E-state index contributed by atoms with van der Waals surface area (Å²) in [6.45, 7) is 0. The van der Waals surface area contributed by atoms with Gasteiger partial charge in [-0.05, 0) is 45.5 Å². The summed E-state index contributed by atoms with van der Waals surface area (Å²) in [6.07, 6.45) is 0. The second kappa shape index (κ2) is 12.2. The van der Waals surface area contributed by atoms with E-state index in [1.54, 1.807) is 0 Å². The summed E-state index contributed by atoms with van der Waals surface area (Å²) in [5.74, 6) is 1.77. The number of nitrogens with zero attached hydrogens (tertiary/aromatic N) is 3. The fourth-order valence-electron chi connectivity index (χ4n) is 6.42. The molecule has 7 aromatic carbocycles. The molecule has 0 saturated heterocycles. The second-order valence-corrected chi connectivity index (χ2v) is 12.1. The van der Waals surface area contributed by atoms with Gasteiger partial charge in [0.15, 0.2) is 17.5 Å². The van der Waals surface area contributed by atoms with Crippen LogP contribution in [0.25, 0.3) is 89.5 Å². The Morgan fingerprint density at radius 1 is 0.286 bits per heavy atom. The van der Waals surface area contributed by atoms with Crippen LogP contribution in [0.2, 0.25) is 0 Å². The first kappa shape index (κ1) is 28.6. The van der Waals surface area contributed by atoms with Crippen LogP contribution in [0.5, 0.6) is 0 Å². The van der Waals surface area contributed by atoms with Crippen molar-refractivity contribution in [3.8, 4) is 67.5 Å². The van der Waals surface area contributed by atoms with Gasteiger partial charge in [0.1, 0.15) is 11.2 Å². The van der Waals surface area contributed by atoms with Crippen LogP contribution in [0.1, 0.15) is 0 Å². The number of para-hydroxylation sites is 2. The van der Waals surface area contributed by atoms with Gasteiger partial charge in [-0.15, -0.1) is 0 Å². The number of fused-ring (bicyclic) bond motifs is 3. The molecule has 2 aromatic heterocycles. The van der Waals surface area contributed by atoms with Gasteiger partial charge in [0.2, 0.25) is 0 Å². The molecule has 0 amide bonds. The predicted octanol–water partition coefficient (Wildman–Crippen LogP) is 11.8. The Labute approximate surface area is 284 Å². The summed E-state index contributed by atoms with van der Waals surface area (Å²) in [4.78, 5) is 15.1. The second-order valence-electron chi connectivity index (χ2n) is 12.1. The van der Waals surface area contributed by atoms with E-state index >= 15 is 0 Å². The van der Waals surface area contributed by atoms with Gasteiger partial charge >= 0.3 is 0 Å². The van der Waals surface area contributed by atoms with Crippen molar-refractivity contribution < 1.29 is 4.42 Å². The minimum Gasteiger partial charge on any atom is -0.455 e. The summed E-state index contributed by atoms with van der Waals surface area (Å²) in [5.41, 5.74) is 11.2. The van der Waals surface area contributed by atoms with Crippen molar-refractivity contribution >= 4 is 21.9 Å². The van der Waals surface area contributed by atoms with Crippen LogP contribution in [-0.4, -0.2) is 15.0 Å². The van der Waals surface area contributed by atoms with Crippen LogP contribution in [0.3, 0.4) is 0 Å². The molecular formula is C45H29N3O. The Bertz CT molecular complexity index is 2560. The first-order valence-corrected chi connectivity index (χ1v) is 16.4. The third kappa shape index (κ3) is 5.45. The average Bonchev–Trinajstić information content (AvgIpc) is 3.58. The molecule has 49 heavy (non-hydrogen) atoms. The topological polar surface area (TPSA) is 51.8 Å². The highest BCUT2D eigenvalue weighted by Crippen LogP contribution is 2.36. The van der Waals surface area contributed by atoms with E-state index in [0.717, 1.165) is 60.9 Å². The Morgan fingerprint density at radius 2 is 0.673 bits per heavy atom. The first-order chi connectivity index (χ1) is 24.3. The largest absolute Gasteiger partial charge is 0.455 e. The molecule has 0 unspecified atom stereocenters. The average molecular weight is 628 g/mol. The van der Waals surface area contributed by atoms with Crippen molar-refractivity contribution in [1.82, 2.24) is 15.0 Å². The number of furan rings is 1. The Hall–Kier alpha value is -6.65. The van der Waals surface area contributed by atoms with Crippen molar-refractivity contribution in [3.05, 3.63) is 176 Å². The van der Waals surface area contributed by atoms with Crippen molar-refractivity contribution in [2.24, 2.45) is 0 Å². The molecule has 9 aromatic rings. The van der Waals surface area contributed by atoms with E-state index in [1.165, 1.54) is 11.1 Å². The molecule has 0 aliphatic heterocycles. The summed E-state index contributed by atoms with van der Waals surface area (Å²) in [5, 5.41) is 2.10. The van der Waals surface area contributed by atoms with Crippen LogP contribution in [-0.2, 0) is 0 Å². The van der Waals surface area contributed by atoms with Gasteiger partial charge in [-0.1, -0.05) is 164 Å². The van der Waals surface area contributed by atoms with Crippen LogP contribution in [0.15, 0.2) is 180 Å².